The van der Waals surface area contributed by atoms with E-state index in [1.807, 2.05) is 6.07 Å². The van der Waals surface area contributed by atoms with Crippen LogP contribution in [0.1, 0.15) is 28.8 Å². The van der Waals surface area contributed by atoms with Crippen LogP contribution in [0.15, 0.2) is 42.6 Å². The highest BCUT2D eigenvalue weighted by molar-refractivity contribution is 5.90. The highest BCUT2D eigenvalue weighted by atomic mass is 16.6. The van der Waals surface area contributed by atoms with Crippen molar-refractivity contribution >= 4 is 21.8 Å². The fourth-order valence-corrected chi connectivity index (χ4v) is 5.70. The quantitative estimate of drug-likeness (QED) is 0.223. The van der Waals surface area contributed by atoms with Crippen molar-refractivity contribution in [1.29, 1.82) is 0 Å². The lowest BCUT2D eigenvalue weighted by molar-refractivity contribution is 0.0285. The second-order valence-electron chi connectivity index (χ2n) is 9.13. The molecule has 0 saturated carbocycles. The molecule has 33 heavy (non-hydrogen) atoms. The van der Waals surface area contributed by atoms with Crippen molar-refractivity contribution in [2.75, 3.05) is 33.3 Å². The van der Waals surface area contributed by atoms with Gasteiger partial charge >= 0.3 is 0 Å². The highest BCUT2D eigenvalue weighted by Crippen LogP contribution is 2.40. The Labute approximate surface area is 193 Å². The number of hydroxylamine groups is 1. The summed E-state index contributed by atoms with van der Waals surface area (Å²) in [5.74, 6) is 0.875. The topological polar surface area (TPSA) is 86.1 Å². The van der Waals surface area contributed by atoms with Gasteiger partial charge in [-0.2, -0.15) is 0 Å². The summed E-state index contributed by atoms with van der Waals surface area (Å²) in [7, 11) is 1.73. The van der Waals surface area contributed by atoms with E-state index in [9.17, 15) is 0 Å². The molecule has 7 nitrogen and oxygen atoms in total. The second-order valence-corrected chi connectivity index (χ2v) is 9.13. The van der Waals surface area contributed by atoms with E-state index in [1.54, 1.807) is 7.11 Å². The first kappa shape index (κ1) is 20.7. The third kappa shape index (κ3) is 3.52. The van der Waals surface area contributed by atoms with Crippen molar-refractivity contribution in [1.82, 2.24) is 26.1 Å². The summed E-state index contributed by atoms with van der Waals surface area (Å²) >= 11 is 0. The number of H-pyrrole nitrogens is 2. The Bertz CT molecular complexity index is 1280. The molecule has 2 aliphatic heterocycles. The number of methoxy groups -OCH3 is 1. The molecule has 0 bridgehead atoms. The van der Waals surface area contributed by atoms with Gasteiger partial charge in [0.25, 0.3) is 0 Å². The minimum Gasteiger partial charge on any atom is -0.496 e. The van der Waals surface area contributed by atoms with E-state index in [1.165, 1.54) is 33.1 Å². The average molecular weight is 446 g/mol. The van der Waals surface area contributed by atoms with Crippen LogP contribution >= 0.6 is 0 Å². The van der Waals surface area contributed by atoms with Gasteiger partial charge in [0, 0.05) is 58.9 Å². The molecule has 1 fully saturated rings. The SMILES string of the molecule is COc1ccc2[nH]c3c(c2c1CONCCc1c[nH]c2ccccc12)CCNC31CCNC1. The van der Waals surface area contributed by atoms with Gasteiger partial charge in [0.15, 0.2) is 0 Å². The van der Waals surface area contributed by atoms with E-state index < -0.39 is 0 Å². The number of fused-ring (bicyclic) bond motifs is 5. The summed E-state index contributed by atoms with van der Waals surface area (Å²) < 4.78 is 5.74. The van der Waals surface area contributed by atoms with Crippen molar-refractivity contribution in [2.45, 2.75) is 31.4 Å². The summed E-state index contributed by atoms with van der Waals surface area (Å²) in [4.78, 5) is 13.1. The summed E-state index contributed by atoms with van der Waals surface area (Å²) in [5, 5.41) is 9.84. The fraction of sp³-hybridized carbons (Fsp3) is 0.385. The number of hydrogen-bond donors (Lipinski definition) is 5. The third-order valence-corrected chi connectivity index (χ3v) is 7.32. The molecule has 2 aromatic heterocycles. The summed E-state index contributed by atoms with van der Waals surface area (Å²) in [6.07, 6.45) is 5.09. The van der Waals surface area contributed by atoms with Crippen molar-refractivity contribution < 1.29 is 9.57 Å². The van der Waals surface area contributed by atoms with Crippen LogP contribution in [-0.2, 0) is 29.8 Å². The summed E-state index contributed by atoms with van der Waals surface area (Å²) in [5.41, 5.74) is 10.7. The molecule has 2 aromatic carbocycles. The van der Waals surface area contributed by atoms with Gasteiger partial charge in [0.1, 0.15) is 5.75 Å². The maximum absolute atomic E-state index is 5.98. The van der Waals surface area contributed by atoms with Crippen molar-refractivity contribution in [3.05, 3.63) is 65.0 Å². The monoisotopic (exact) mass is 445 g/mol. The predicted molar refractivity (Wildman–Crippen MR) is 131 cm³/mol. The number of aromatic amines is 2. The van der Waals surface area contributed by atoms with Gasteiger partial charge in [-0.25, -0.2) is 5.48 Å². The molecule has 5 N–H and O–H groups in total. The van der Waals surface area contributed by atoms with Gasteiger partial charge in [-0.3, -0.25) is 4.84 Å². The standard InChI is InChI=1S/C26H31N5O2/c1-32-23-7-6-22-24(19-9-11-29-26(25(19)31-22)10-13-27-16-26)20(23)15-33-30-12-8-17-14-28-21-5-3-2-4-18(17)21/h2-7,14,27-31H,8-13,15-16H2,1H3. The van der Waals surface area contributed by atoms with Gasteiger partial charge in [0.05, 0.1) is 19.3 Å². The first-order valence-corrected chi connectivity index (χ1v) is 11.9. The zero-order valence-corrected chi connectivity index (χ0v) is 19.0. The molecule has 4 heterocycles. The molecular formula is C26H31N5O2. The van der Waals surface area contributed by atoms with Gasteiger partial charge in [-0.05, 0) is 55.1 Å². The van der Waals surface area contributed by atoms with E-state index in [2.05, 4.69) is 62.6 Å². The molecule has 172 valence electrons. The van der Waals surface area contributed by atoms with Crippen molar-refractivity contribution in [2.24, 2.45) is 0 Å². The number of benzene rings is 2. The predicted octanol–water partition coefficient (Wildman–Crippen LogP) is 3.26. The van der Waals surface area contributed by atoms with E-state index in [0.717, 1.165) is 62.3 Å². The van der Waals surface area contributed by atoms with Gasteiger partial charge in [0.2, 0.25) is 0 Å². The smallest absolute Gasteiger partial charge is 0.125 e. The minimum absolute atomic E-state index is 0.00947. The van der Waals surface area contributed by atoms with Crippen LogP contribution in [0.4, 0.5) is 0 Å². The molecule has 1 spiro atoms. The summed E-state index contributed by atoms with van der Waals surface area (Å²) in [6.45, 7) is 4.19. The zero-order valence-electron chi connectivity index (χ0n) is 19.0. The Morgan fingerprint density at radius 3 is 2.91 bits per heavy atom. The van der Waals surface area contributed by atoms with Crippen molar-refractivity contribution in [3.8, 4) is 5.75 Å². The molecule has 7 heteroatoms. The number of ether oxygens (including phenoxy) is 1. The Morgan fingerprint density at radius 2 is 2.03 bits per heavy atom. The van der Waals surface area contributed by atoms with Gasteiger partial charge in [-0.1, -0.05) is 18.2 Å². The van der Waals surface area contributed by atoms with E-state index in [4.69, 9.17) is 9.57 Å². The number of para-hydroxylation sites is 1. The molecule has 0 radical (unpaired) electrons. The third-order valence-electron chi connectivity index (χ3n) is 7.32. The molecule has 2 aliphatic rings. The molecular weight excluding hydrogens is 414 g/mol. The van der Waals surface area contributed by atoms with Gasteiger partial charge in [-0.15, -0.1) is 0 Å². The highest BCUT2D eigenvalue weighted by Gasteiger charge is 2.41. The van der Waals surface area contributed by atoms with E-state index in [0.29, 0.717) is 6.61 Å². The van der Waals surface area contributed by atoms with Crippen LogP contribution in [0.5, 0.6) is 5.75 Å². The van der Waals surface area contributed by atoms with Crippen LogP contribution in [0.3, 0.4) is 0 Å². The van der Waals surface area contributed by atoms with Crippen LogP contribution in [0.25, 0.3) is 21.8 Å². The lowest BCUT2D eigenvalue weighted by Gasteiger charge is -2.34. The molecule has 0 aliphatic carbocycles. The number of hydrogen-bond acceptors (Lipinski definition) is 5. The maximum Gasteiger partial charge on any atom is 0.125 e. The van der Waals surface area contributed by atoms with Gasteiger partial charge < -0.3 is 25.3 Å². The van der Waals surface area contributed by atoms with Crippen LogP contribution in [0.2, 0.25) is 0 Å². The Morgan fingerprint density at radius 1 is 1.09 bits per heavy atom. The molecule has 1 saturated heterocycles. The number of aromatic nitrogens is 2. The second kappa shape index (κ2) is 8.50. The molecule has 1 unspecified atom stereocenters. The number of rotatable bonds is 7. The largest absolute Gasteiger partial charge is 0.496 e. The fourth-order valence-electron chi connectivity index (χ4n) is 5.70. The minimum atomic E-state index is 0.00947. The van der Waals surface area contributed by atoms with E-state index in [-0.39, 0.29) is 5.54 Å². The lowest BCUT2D eigenvalue weighted by atomic mass is 9.85. The maximum atomic E-state index is 5.98. The van der Waals surface area contributed by atoms with E-state index >= 15 is 0 Å². The Kier molecular flexibility index (Phi) is 5.34. The Hall–Kier alpha value is -2.84. The zero-order chi connectivity index (χ0) is 22.3. The summed E-state index contributed by atoms with van der Waals surface area (Å²) in [6, 6.07) is 12.6. The molecule has 1 atom stereocenters. The normalized spacial score (nSPS) is 20.2. The first-order chi connectivity index (χ1) is 16.3. The van der Waals surface area contributed by atoms with Crippen LogP contribution in [-0.4, -0.2) is 43.3 Å². The molecule has 0 amide bonds. The van der Waals surface area contributed by atoms with Crippen LogP contribution in [0, 0.1) is 0 Å². The number of nitrogens with one attached hydrogen (secondary N) is 5. The average Bonchev–Trinajstić information content (AvgIpc) is 3.57. The van der Waals surface area contributed by atoms with Crippen LogP contribution < -0.4 is 20.9 Å². The first-order valence-electron chi connectivity index (χ1n) is 11.9. The molecule has 4 aromatic rings. The molecule has 6 rings (SSSR count). The Balaban J connectivity index is 1.21. The lowest BCUT2D eigenvalue weighted by Crippen LogP contribution is -2.48. The van der Waals surface area contributed by atoms with Crippen molar-refractivity contribution in [3.63, 3.8) is 0 Å².